The van der Waals surface area contributed by atoms with Crippen molar-refractivity contribution in [2.24, 2.45) is 9.98 Å². The van der Waals surface area contributed by atoms with E-state index in [1.807, 2.05) is 68.9 Å². The van der Waals surface area contributed by atoms with Crippen molar-refractivity contribution in [2.45, 2.75) is 27.2 Å². The van der Waals surface area contributed by atoms with E-state index in [2.05, 4.69) is 115 Å². The van der Waals surface area contributed by atoms with E-state index in [1.54, 1.807) is 0 Å². The van der Waals surface area contributed by atoms with Crippen LogP contribution in [0.1, 0.15) is 41.7 Å². The zero-order valence-corrected chi connectivity index (χ0v) is 27.4. The first-order chi connectivity index (χ1) is 23.1. The maximum absolute atomic E-state index is 6.57. The van der Waals surface area contributed by atoms with Crippen molar-refractivity contribution in [3.8, 4) is 11.5 Å². The highest BCUT2D eigenvalue weighted by Gasteiger charge is 2.22. The van der Waals surface area contributed by atoms with Gasteiger partial charge in [0.1, 0.15) is 11.9 Å². The molecule has 232 valence electrons. The Bertz CT molecular complexity index is 2200. The van der Waals surface area contributed by atoms with E-state index in [0.717, 1.165) is 73.6 Å². The number of aromatic nitrogens is 1. The van der Waals surface area contributed by atoms with Gasteiger partial charge in [0, 0.05) is 28.9 Å². The summed E-state index contributed by atoms with van der Waals surface area (Å²) in [6, 6.07) is 35.4. The molecule has 0 aliphatic heterocycles. The summed E-state index contributed by atoms with van der Waals surface area (Å²) in [4.78, 5) is 9.88. The Kier molecular flexibility index (Phi) is 9.40. The molecule has 0 fully saturated rings. The van der Waals surface area contributed by atoms with Crippen LogP contribution in [0, 0.1) is 6.92 Å². The fourth-order valence-corrected chi connectivity index (χ4v) is 6.18. The summed E-state index contributed by atoms with van der Waals surface area (Å²) in [5, 5.41) is 2.31. The van der Waals surface area contributed by atoms with Crippen LogP contribution in [0.2, 0.25) is 0 Å². The van der Waals surface area contributed by atoms with Crippen LogP contribution in [0.25, 0.3) is 44.6 Å². The zero-order valence-electron chi connectivity index (χ0n) is 27.4. The van der Waals surface area contributed by atoms with Gasteiger partial charge in [-0.2, -0.15) is 0 Å². The van der Waals surface area contributed by atoms with E-state index in [-0.39, 0.29) is 0 Å². The van der Waals surface area contributed by atoms with Crippen LogP contribution < -0.4 is 0 Å². The number of nitrogens with zero attached hydrogens (tertiary/aromatic N) is 3. The number of fused-ring (bicyclic) bond motifs is 2. The first kappa shape index (κ1) is 31.3. The molecule has 0 unspecified atom stereocenters. The summed E-state index contributed by atoms with van der Waals surface area (Å²) in [7, 11) is 1.82. The molecule has 47 heavy (non-hydrogen) atoms. The highest BCUT2D eigenvalue weighted by atomic mass is 16.3. The second kappa shape index (κ2) is 14.1. The van der Waals surface area contributed by atoms with E-state index in [9.17, 15) is 0 Å². The molecule has 4 heteroatoms. The number of aryl methyl sites for hydroxylation is 2. The van der Waals surface area contributed by atoms with Crippen LogP contribution in [0.5, 0.6) is 0 Å². The zero-order chi connectivity index (χ0) is 32.8. The third kappa shape index (κ3) is 6.23. The van der Waals surface area contributed by atoms with Crippen molar-refractivity contribution in [2.75, 3.05) is 7.05 Å². The standard InChI is InChI=1S/C43H39N3O/c1-6-16-31(17-7-2)32-24-26-34(27-25-32)39(28-38(44-5)33-18-10-9-11-19-33)45-29-46-40-22-14-12-21-37(40)35(8-3)42(46)43-30(4)36-20-13-15-23-41(36)47-43/h6-7,9-29H,1,8H2,2-5H3/b17-7-,31-16+,39-28-,44-38?,45-29?. The molecular weight excluding hydrogens is 574 g/mol. The van der Waals surface area contributed by atoms with E-state index in [0.29, 0.717) is 0 Å². The number of hydrogen-bond acceptors (Lipinski definition) is 3. The first-order valence-electron chi connectivity index (χ1n) is 16.0. The lowest BCUT2D eigenvalue weighted by molar-refractivity contribution is 0.624. The van der Waals surface area contributed by atoms with E-state index in [1.165, 1.54) is 10.9 Å². The molecule has 0 atom stereocenters. The Morgan fingerprint density at radius 3 is 2.19 bits per heavy atom. The third-order valence-corrected chi connectivity index (χ3v) is 8.48. The SMILES string of the molecule is C=C/C=C(\C=C/C)c1ccc(/C(=C/C(=NC)c2ccccc2)N=Cn2c(-c3oc4ccccc4c3C)c(CC)c3ccccc32)cc1. The van der Waals surface area contributed by atoms with E-state index < -0.39 is 0 Å². The fraction of sp³-hybridized carbons (Fsp3) is 0.116. The molecule has 0 aliphatic carbocycles. The van der Waals surface area contributed by atoms with Gasteiger partial charge in [-0.3, -0.25) is 9.56 Å². The van der Waals surface area contributed by atoms with Gasteiger partial charge in [-0.25, -0.2) is 4.99 Å². The first-order valence-corrected chi connectivity index (χ1v) is 16.0. The smallest absolute Gasteiger partial charge is 0.155 e. The second-order valence-corrected chi connectivity index (χ2v) is 11.3. The van der Waals surface area contributed by atoms with E-state index >= 15 is 0 Å². The summed E-state index contributed by atoms with van der Waals surface area (Å²) >= 11 is 0. The van der Waals surface area contributed by atoms with Gasteiger partial charge in [0.25, 0.3) is 0 Å². The van der Waals surface area contributed by atoms with Crippen molar-refractivity contribution in [1.29, 1.82) is 0 Å². The molecule has 0 saturated heterocycles. The minimum absolute atomic E-state index is 0.796. The molecule has 4 aromatic carbocycles. The van der Waals surface area contributed by atoms with Crippen LogP contribution in [0.15, 0.2) is 154 Å². The number of benzene rings is 4. The number of furan rings is 1. The lowest BCUT2D eigenvalue weighted by atomic mass is 10.0. The topological polar surface area (TPSA) is 42.8 Å². The summed E-state index contributed by atoms with van der Waals surface area (Å²) in [5.41, 5.74) is 11.2. The summed E-state index contributed by atoms with van der Waals surface area (Å²) in [5.74, 6) is 0.867. The van der Waals surface area contributed by atoms with Crippen LogP contribution in [-0.2, 0) is 6.42 Å². The summed E-state index contributed by atoms with van der Waals surface area (Å²) in [6.07, 6.45) is 12.8. The summed E-state index contributed by atoms with van der Waals surface area (Å²) in [6.45, 7) is 10.3. The number of para-hydroxylation sites is 2. The average Bonchev–Trinajstić information content (AvgIpc) is 3.62. The quantitative estimate of drug-likeness (QED) is 0.0861. The van der Waals surface area contributed by atoms with Crippen molar-refractivity contribution >= 4 is 45.2 Å². The molecule has 0 N–H and O–H groups in total. The van der Waals surface area contributed by atoms with Crippen molar-refractivity contribution in [3.05, 3.63) is 168 Å². The Morgan fingerprint density at radius 2 is 1.51 bits per heavy atom. The van der Waals surface area contributed by atoms with Crippen LogP contribution in [0.3, 0.4) is 0 Å². The minimum atomic E-state index is 0.796. The van der Waals surface area contributed by atoms with Gasteiger partial charge in [0.15, 0.2) is 5.76 Å². The number of aliphatic imine (C=N–C) groups is 2. The molecule has 0 radical (unpaired) electrons. The van der Waals surface area contributed by atoms with Crippen molar-refractivity contribution < 1.29 is 4.42 Å². The molecule has 2 heterocycles. The minimum Gasteiger partial charge on any atom is -0.454 e. The van der Waals surface area contributed by atoms with Gasteiger partial charge in [0.05, 0.1) is 22.6 Å². The second-order valence-electron chi connectivity index (χ2n) is 11.3. The Balaban J connectivity index is 1.55. The van der Waals surface area contributed by atoms with Crippen molar-refractivity contribution in [3.63, 3.8) is 0 Å². The van der Waals surface area contributed by atoms with Gasteiger partial charge in [-0.15, -0.1) is 0 Å². The van der Waals surface area contributed by atoms with Crippen LogP contribution >= 0.6 is 0 Å². The monoisotopic (exact) mass is 613 g/mol. The molecule has 0 spiro atoms. The van der Waals surface area contributed by atoms with E-state index in [4.69, 9.17) is 9.41 Å². The lowest BCUT2D eigenvalue weighted by Crippen LogP contribution is -2.02. The Morgan fingerprint density at radius 1 is 0.830 bits per heavy atom. The third-order valence-electron chi connectivity index (χ3n) is 8.48. The fourth-order valence-electron chi connectivity index (χ4n) is 6.18. The molecular formula is C43H39N3O. The van der Waals surface area contributed by atoms with Gasteiger partial charge >= 0.3 is 0 Å². The summed E-state index contributed by atoms with van der Waals surface area (Å²) < 4.78 is 8.75. The number of allylic oxidation sites excluding steroid dienone is 6. The molecule has 6 aromatic rings. The normalized spacial score (nSPS) is 13.1. The maximum atomic E-state index is 6.57. The molecule has 6 rings (SSSR count). The number of rotatable bonds is 10. The van der Waals surface area contributed by atoms with Gasteiger partial charge in [-0.1, -0.05) is 129 Å². The molecule has 0 amide bonds. The largest absolute Gasteiger partial charge is 0.454 e. The molecule has 4 nitrogen and oxygen atoms in total. The van der Waals surface area contributed by atoms with Gasteiger partial charge in [0.2, 0.25) is 0 Å². The number of hydrogen-bond donors (Lipinski definition) is 0. The maximum Gasteiger partial charge on any atom is 0.155 e. The highest BCUT2D eigenvalue weighted by molar-refractivity contribution is 6.12. The average molecular weight is 614 g/mol. The predicted molar refractivity (Wildman–Crippen MR) is 201 cm³/mol. The lowest BCUT2D eigenvalue weighted by Gasteiger charge is -2.10. The van der Waals surface area contributed by atoms with Crippen molar-refractivity contribution in [1.82, 2.24) is 4.57 Å². The van der Waals surface area contributed by atoms with Gasteiger partial charge < -0.3 is 4.42 Å². The molecule has 2 aromatic heterocycles. The predicted octanol–water partition coefficient (Wildman–Crippen LogP) is 11.1. The van der Waals surface area contributed by atoms with Gasteiger partial charge in [-0.05, 0) is 60.7 Å². The van der Waals surface area contributed by atoms with Crippen LogP contribution in [0.4, 0.5) is 0 Å². The Labute approximate surface area is 277 Å². The highest BCUT2D eigenvalue weighted by Crippen LogP contribution is 2.39. The molecule has 0 aliphatic rings. The Hall–Kier alpha value is -5.74. The van der Waals surface area contributed by atoms with Crippen LogP contribution in [-0.4, -0.2) is 23.7 Å². The molecule has 0 bridgehead atoms. The molecule has 0 saturated carbocycles.